The molecule has 5 aromatic rings. The Morgan fingerprint density at radius 2 is 1.12 bits per heavy atom. The third-order valence-electron chi connectivity index (χ3n) is 13.9. The summed E-state index contributed by atoms with van der Waals surface area (Å²) in [6, 6.07) is 44.5. The van der Waals surface area contributed by atoms with Gasteiger partial charge in [0.2, 0.25) is 0 Å². The Kier molecular flexibility index (Phi) is 6.90. The van der Waals surface area contributed by atoms with Crippen molar-refractivity contribution in [2.24, 2.45) is 23.7 Å². The van der Waals surface area contributed by atoms with Gasteiger partial charge in [0.05, 0.1) is 5.69 Å². The molecule has 1 spiro atoms. The number of rotatable bonds is 4. The smallest absolute Gasteiger partial charge is 0.0502 e. The van der Waals surface area contributed by atoms with Gasteiger partial charge in [-0.15, -0.1) is 0 Å². The molecule has 1 nitrogen and oxygen atoms in total. The molecule has 0 atom stereocenters. The first kappa shape index (κ1) is 31.0. The Balaban J connectivity index is 1.20. The molecule has 4 saturated carbocycles. The lowest BCUT2D eigenvalue weighted by Crippen LogP contribution is -2.57. The third-order valence-corrected chi connectivity index (χ3v) is 15.1. The maximum Gasteiger partial charge on any atom is 0.0502 e. The van der Waals surface area contributed by atoms with E-state index in [1.807, 2.05) is 11.8 Å². The molecule has 0 radical (unpaired) electrons. The first-order valence-corrected chi connectivity index (χ1v) is 20.1. The van der Waals surface area contributed by atoms with Crippen LogP contribution in [0.25, 0.3) is 11.1 Å². The van der Waals surface area contributed by atoms with Crippen molar-refractivity contribution in [1.82, 2.24) is 0 Å². The fourth-order valence-corrected chi connectivity index (χ4v) is 13.0. The Hall–Kier alpha value is -3.75. The van der Waals surface area contributed by atoms with Crippen LogP contribution in [0.1, 0.15) is 94.9 Å². The van der Waals surface area contributed by atoms with Crippen molar-refractivity contribution in [2.75, 3.05) is 4.90 Å². The van der Waals surface area contributed by atoms with Crippen molar-refractivity contribution in [3.05, 3.63) is 138 Å². The Morgan fingerprint density at radius 1 is 0.520 bits per heavy atom. The number of anilines is 3. The zero-order chi connectivity index (χ0) is 33.8. The molecule has 252 valence electrons. The van der Waals surface area contributed by atoms with Gasteiger partial charge in [0, 0.05) is 26.6 Å². The van der Waals surface area contributed by atoms with E-state index in [-0.39, 0.29) is 16.2 Å². The zero-order valence-corrected chi connectivity index (χ0v) is 30.9. The fourth-order valence-electron chi connectivity index (χ4n) is 11.8. The molecule has 0 N–H and O–H groups in total. The second kappa shape index (κ2) is 11.1. The van der Waals surface area contributed by atoms with Gasteiger partial charge in [-0.25, -0.2) is 0 Å². The van der Waals surface area contributed by atoms with Crippen LogP contribution in [0.2, 0.25) is 0 Å². The zero-order valence-electron chi connectivity index (χ0n) is 30.1. The summed E-state index contributed by atoms with van der Waals surface area (Å²) < 4.78 is 0. The molecule has 11 rings (SSSR count). The van der Waals surface area contributed by atoms with Crippen LogP contribution < -0.4 is 4.90 Å². The van der Waals surface area contributed by atoms with Crippen molar-refractivity contribution in [2.45, 2.75) is 98.7 Å². The summed E-state index contributed by atoms with van der Waals surface area (Å²) >= 11 is 2.02. The van der Waals surface area contributed by atoms with Gasteiger partial charge in [-0.1, -0.05) is 112 Å². The maximum atomic E-state index is 2.67. The number of fused-ring (bicyclic) bond motifs is 3. The molecule has 0 aromatic heterocycles. The molecule has 1 aliphatic heterocycles. The molecule has 0 saturated heterocycles. The largest absolute Gasteiger partial charge is 0.310 e. The van der Waals surface area contributed by atoms with Crippen LogP contribution in [-0.4, -0.2) is 0 Å². The molecule has 50 heavy (non-hydrogen) atoms. The van der Waals surface area contributed by atoms with E-state index < -0.39 is 0 Å². The maximum absolute atomic E-state index is 2.67. The summed E-state index contributed by atoms with van der Waals surface area (Å²) in [4.78, 5) is 5.61. The first-order valence-electron chi connectivity index (χ1n) is 19.2. The van der Waals surface area contributed by atoms with Crippen LogP contribution in [0.3, 0.4) is 0 Å². The van der Waals surface area contributed by atoms with E-state index >= 15 is 0 Å². The summed E-state index contributed by atoms with van der Waals surface area (Å²) in [5.41, 5.74) is 13.0. The summed E-state index contributed by atoms with van der Waals surface area (Å²) in [7, 11) is 0. The quantitative estimate of drug-likeness (QED) is 0.187. The Bertz CT molecular complexity index is 2080. The first-order chi connectivity index (χ1) is 24.2. The lowest BCUT2D eigenvalue weighted by atomic mass is 9.42. The third kappa shape index (κ3) is 4.52. The van der Waals surface area contributed by atoms with E-state index in [1.54, 1.807) is 11.1 Å². The standard InChI is InChI=1S/C48H49NS/c1-46(2)23-24-47(3,4)45-40(46)14-10-15-42(45)49(37-19-17-34(18-20-37)33-11-6-5-7-12-33)38-21-22-44-41(30-38)48(39-13-8-9-16-43(39)50-44)35-26-31-25-32(28-35)29-36(48)27-31/h5-22,30-32,35-36H,23-29H2,1-4H3. The van der Waals surface area contributed by atoms with E-state index in [4.69, 9.17) is 0 Å². The van der Waals surface area contributed by atoms with Gasteiger partial charge in [-0.3, -0.25) is 0 Å². The normalized spacial score (nSPS) is 27.8. The average molecular weight is 672 g/mol. The van der Waals surface area contributed by atoms with Gasteiger partial charge in [-0.05, 0) is 155 Å². The van der Waals surface area contributed by atoms with Gasteiger partial charge in [0.1, 0.15) is 0 Å². The highest BCUT2D eigenvalue weighted by Crippen LogP contribution is 2.69. The summed E-state index contributed by atoms with van der Waals surface area (Å²) in [5.74, 6) is 3.32. The van der Waals surface area contributed by atoms with Gasteiger partial charge in [0.25, 0.3) is 0 Å². The molecular formula is C48H49NS. The van der Waals surface area contributed by atoms with Crippen molar-refractivity contribution in [3.8, 4) is 11.1 Å². The summed E-state index contributed by atoms with van der Waals surface area (Å²) in [6.07, 6.45) is 9.48. The van der Waals surface area contributed by atoms with Gasteiger partial charge >= 0.3 is 0 Å². The Morgan fingerprint density at radius 3 is 1.86 bits per heavy atom. The van der Waals surface area contributed by atoms with E-state index in [9.17, 15) is 0 Å². The van der Waals surface area contributed by atoms with Crippen LogP contribution in [-0.2, 0) is 16.2 Å². The molecule has 2 heteroatoms. The molecule has 0 amide bonds. The SMILES string of the molecule is CC1(C)CCC(C)(C)c2c(N(c3ccc(-c4ccccc4)cc3)c3ccc4c(c3)C3(c5ccccc5S4)C4CC5CC(C4)CC3C5)cccc21. The highest BCUT2D eigenvalue weighted by molar-refractivity contribution is 7.99. The number of hydrogen-bond acceptors (Lipinski definition) is 2. The van der Waals surface area contributed by atoms with Crippen LogP contribution in [0.5, 0.6) is 0 Å². The molecule has 0 unspecified atom stereocenters. The highest BCUT2D eigenvalue weighted by atomic mass is 32.2. The predicted molar refractivity (Wildman–Crippen MR) is 210 cm³/mol. The minimum Gasteiger partial charge on any atom is -0.310 e. The van der Waals surface area contributed by atoms with Gasteiger partial charge in [0.15, 0.2) is 0 Å². The second-order valence-corrected chi connectivity index (χ2v) is 18.8. The number of nitrogens with zero attached hydrogens (tertiary/aromatic N) is 1. The lowest BCUT2D eigenvalue weighted by Gasteiger charge is -2.63. The fraction of sp³-hybridized carbons (Fsp3) is 0.375. The van der Waals surface area contributed by atoms with Crippen molar-refractivity contribution < 1.29 is 0 Å². The number of hydrogen-bond donors (Lipinski definition) is 0. The van der Waals surface area contributed by atoms with E-state index in [0.29, 0.717) is 0 Å². The van der Waals surface area contributed by atoms with Crippen molar-refractivity contribution >= 4 is 28.8 Å². The monoisotopic (exact) mass is 671 g/mol. The highest BCUT2D eigenvalue weighted by Gasteiger charge is 2.60. The number of benzene rings is 5. The molecule has 4 fully saturated rings. The lowest BCUT2D eigenvalue weighted by molar-refractivity contribution is -0.0443. The second-order valence-electron chi connectivity index (χ2n) is 17.7. The molecule has 1 heterocycles. The topological polar surface area (TPSA) is 3.24 Å². The molecule has 4 bridgehead atoms. The van der Waals surface area contributed by atoms with Crippen LogP contribution in [0.4, 0.5) is 17.1 Å². The average Bonchev–Trinajstić information content (AvgIpc) is 3.12. The van der Waals surface area contributed by atoms with Crippen molar-refractivity contribution in [1.29, 1.82) is 0 Å². The van der Waals surface area contributed by atoms with Crippen LogP contribution >= 0.6 is 11.8 Å². The summed E-state index contributed by atoms with van der Waals surface area (Å²) in [5, 5.41) is 0. The van der Waals surface area contributed by atoms with E-state index in [1.165, 1.54) is 94.1 Å². The van der Waals surface area contributed by atoms with Crippen LogP contribution in [0, 0.1) is 23.7 Å². The molecule has 5 aromatic carbocycles. The van der Waals surface area contributed by atoms with Gasteiger partial charge < -0.3 is 4.90 Å². The van der Waals surface area contributed by atoms with Gasteiger partial charge in [-0.2, -0.15) is 0 Å². The molecule has 5 aliphatic carbocycles. The summed E-state index contributed by atoms with van der Waals surface area (Å²) in [6.45, 7) is 9.86. The minimum absolute atomic E-state index is 0.0787. The molecular weight excluding hydrogens is 623 g/mol. The molecule has 6 aliphatic rings. The van der Waals surface area contributed by atoms with E-state index in [0.717, 1.165) is 23.7 Å². The Labute approximate surface area is 303 Å². The predicted octanol–water partition coefficient (Wildman–Crippen LogP) is 13.4. The van der Waals surface area contributed by atoms with E-state index in [2.05, 4.69) is 148 Å². The van der Waals surface area contributed by atoms with Crippen molar-refractivity contribution in [3.63, 3.8) is 0 Å². The minimum atomic E-state index is 0.0787. The van der Waals surface area contributed by atoms with Crippen LogP contribution in [0.15, 0.2) is 125 Å².